The summed E-state index contributed by atoms with van der Waals surface area (Å²) in [5.41, 5.74) is 0.271. The van der Waals surface area contributed by atoms with E-state index in [0.717, 1.165) is 52.0 Å². The number of anilines is 1. The first-order chi connectivity index (χ1) is 15.1. The lowest BCUT2D eigenvalue weighted by molar-refractivity contribution is 0.108. The fourth-order valence-corrected chi connectivity index (χ4v) is 6.25. The molecule has 0 aromatic carbocycles. The number of rotatable bonds is 4. The molecule has 6 rings (SSSR count). The summed E-state index contributed by atoms with van der Waals surface area (Å²) in [6.45, 7) is 5.62. The van der Waals surface area contributed by atoms with E-state index in [-0.39, 0.29) is 22.2 Å². The molecule has 0 radical (unpaired) electrons. The number of aromatic nitrogens is 3. The molecular formula is C22H28ClFN6O. The first-order valence-corrected chi connectivity index (χ1v) is 11.9. The molecule has 31 heavy (non-hydrogen) atoms. The van der Waals surface area contributed by atoms with Gasteiger partial charge >= 0.3 is 6.01 Å². The summed E-state index contributed by atoms with van der Waals surface area (Å²) >= 11 is 5.99. The molecule has 1 N–H and O–H groups in total. The van der Waals surface area contributed by atoms with Crippen LogP contribution in [0.1, 0.15) is 38.5 Å². The highest BCUT2D eigenvalue weighted by Crippen LogP contribution is 2.39. The van der Waals surface area contributed by atoms with Gasteiger partial charge in [-0.25, -0.2) is 9.37 Å². The summed E-state index contributed by atoms with van der Waals surface area (Å²) in [5.74, 6) is 0.784. The van der Waals surface area contributed by atoms with Gasteiger partial charge in [-0.1, -0.05) is 11.6 Å². The Bertz CT molecular complexity index is 996. The van der Waals surface area contributed by atoms with E-state index in [1.165, 1.54) is 19.3 Å². The van der Waals surface area contributed by atoms with Gasteiger partial charge in [-0.2, -0.15) is 9.97 Å². The first-order valence-electron chi connectivity index (χ1n) is 11.5. The minimum Gasteiger partial charge on any atom is -0.461 e. The zero-order chi connectivity index (χ0) is 21.0. The van der Waals surface area contributed by atoms with Crippen LogP contribution in [0.15, 0.2) is 6.20 Å². The van der Waals surface area contributed by atoms with E-state index in [1.54, 1.807) is 6.20 Å². The highest BCUT2D eigenvalue weighted by molar-refractivity contribution is 6.30. The minimum atomic E-state index is -0.608. The van der Waals surface area contributed by atoms with E-state index in [1.807, 2.05) is 0 Å². The number of nitrogens with one attached hydrogen (secondary N) is 1. The van der Waals surface area contributed by atoms with Crippen molar-refractivity contribution in [3.8, 4) is 6.01 Å². The molecule has 2 atom stereocenters. The molecule has 2 aromatic rings. The van der Waals surface area contributed by atoms with E-state index in [0.29, 0.717) is 29.8 Å². The summed E-state index contributed by atoms with van der Waals surface area (Å²) in [7, 11) is 0. The van der Waals surface area contributed by atoms with Crippen molar-refractivity contribution < 1.29 is 9.13 Å². The molecule has 166 valence electrons. The zero-order valence-electron chi connectivity index (χ0n) is 17.6. The minimum absolute atomic E-state index is 0.0819. The Balaban J connectivity index is 1.36. The summed E-state index contributed by atoms with van der Waals surface area (Å²) in [6.07, 6.45) is 8.53. The number of hydrogen-bond acceptors (Lipinski definition) is 7. The number of fused-ring (bicyclic) bond motifs is 4. The maximum absolute atomic E-state index is 14.9. The average Bonchev–Trinajstić information content (AvgIpc) is 3.43. The number of pyridine rings is 1. The zero-order valence-corrected chi connectivity index (χ0v) is 18.4. The molecule has 7 nitrogen and oxygen atoms in total. The van der Waals surface area contributed by atoms with Crippen LogP contribution < -0.4 is 15.0 Å². The van der Waals surface area contributed by atoms with Crippen molar-refractivity contribution in [2.45, 2.75) is 50.1 Å². The molecule has 9 heteroatoms. The Labute approximate surface area is 186 Å². The molecule has 0 amide bonds. The third-order valence-corrected chi connectivity index (χ3v) is 8.01. The lowest BCUT2D eigenvalue weighted by Gasteiger charge is -2.31. The fraction of sp³-hybridized carbons (Fsp3) is 0.682. The van der Waals surface area contributed by atoms with Crippen LogP contribution >= 0.6 is 11.6 Å². The summed E-state index contributed by atoms with van der Waals surface area (Å²) in [5, 5.41) is 4.02. The van der Waals surface area contributed by atoms with Crippen molar-refractivity contribution in [1.29, 1.82) is 0 Å². The summed E-state index contributed by atoms with van der Waals surface area (Å²) < 4.78 is 21.1. The van der Waals surface area contributed by atoms with Crippen molar-refractivity contribution in [3.63, 3.8) is 0 Å². The average molecular weight is 447 g/mol. The van der Waals surface area contributed by atoms with Gasteiger partial charge in [0.2, 0.25) is 0 Å². The summed E-state index contributed by atoms with van der Waals surface area (Å²) in [6, 6.07) is 0.663. The van der Waals surface area contributed by atoms with E-state index in [4.69, 9.17) is 21.3 Å². The highest BCUT2D eigenvalue weighted by Gasteiger charge is 2.45. The van der Waals surface area contributed by atoms with Gasteiger partial charge in [0.25, 0.3) is 0 Å². The van der Waals surface area contributed by atoms with Gasteiger partial charge in [0, 0.05) is 25.3 Å². The van der Waals surface area contributed by atoms with E-state index >= 15 is 0 Å². The molecule has 4 saturated heterocycles. The van der Waals surface area contributed by atoms with Gasteiger partial charge < -0.3 is 15.0 Å². The van der Waals surface area contributed by atoms with E-state index in [2.05, 4.69) is 25.1 Å². The third-order valence-electron chi connectivity index (χ3n) is 7.74. The van der Waals surface area contributed by atoms with Gasteiger partial charge in [-0.05, 0) is 64.1 Å². The molecule has 2 unspecified atom stereocenters. The molecule has 2 aromatic heterocycles. The fourth-order valence-electron chi connectivity index (χ4n) is 6.11. The van der Waals surface area contributed by atoms with Crippen molar-refractivity contribution in [3.05, 3.63) is 17.2 Å². The first kappa shape index (κ1) is 19.9. The second-order valence-electron chi connectivity index (χ2n) is 9.60. The van der Waals surface area contributed by atoms with Crippen LogP contribution in [0, 0.1) is 11.7 Å². The molecule has 0 aliphatic carbocycles. The van der Waals surface area contributed by atoms with E-state index in [9.17, 15) is 4.39 Å². The van der Waals surface area contributed by atoms with Gasteiger partial charge in [-0.3, -0.25) is 4.90 Å². The standard InChI is InChI=1S/C22H28ClFN6O/c23-19-17(24)18-16(11-26-19)20(29-8-3-14-9-15(12-29)25-10-14)28-21(27-18)31-13-22-4-1-6-30(22)7-2-5-22/h11,14-15,25H,1-10,12-13H2. The molecule has 0 spiro atoms. The highest BCUT2D eigenvalue weighted by atomic mass is 35.5. The van der Waals surface area contributed by atoms with Crippen LogP contribution in [-0.2, 0) is 0 Å². The number of ether oxygens (including phenoxy) is 1. The number of halogens is 2. The molecular weight excluding hydrogens is 419 g/mol. The van der Waals surface area contributed by atoms with Gasteiger partial charge in [0.15, 0.2) is 11.0 Å². The molecule has 2 bridgehead atoms. The van der Waals surface area contributed by atoms with Crippen LogP contribution in [0.25, 0.3) is 10.9 Å². The van der Waals surface area contributed by atoms with Crippen molar-refractivity contribution in [2.75, 3.05) is 44.2 Å². The predicted octanol–water partition coefficient (Wildman–Crippen LogP) is 3.01. The van der Waals surface area contributed by atoms with Crippen LogP contribution in [-0.4, -0.2) is 70.8 Å². The van der Waals surface area contributed by atoms with Gasteiger partial charge in [0.1, 0.15) is 17.9 Å². The lowest BCUT2D eigenvalue weighted by atomic mass is 9.95. The Morgan fingerprint density at radius 3 is 2.90 bits per heavy atom. The predicted molar refractivity (Wildman–Crippen MR) is 117 cm³/mol. The van der Waals surface area contributed by atoms with E-state index < -0.39 is 5.82 Å². The quantitative estimate of drug-likeness (QED) is 0.724. The molecule has 6 heterocycles. The van der Waals surface area contributed by atoms with Gasteiger partial charge in [0.05, 0.1) is 10.9 Å². The van der Waals surface area contributed by atoms with Crippen molar-refractivity contribution >= 4 is 28.3 Å². The van der Waals surface area contributed by atoms with Gasteiger partial charge in [-0.15, -0.1) is 0 Å². The van der Waals surface area contributed by atoms with Crippen LogP contribution in [0.2, 0.25) is 5.15 Å². The lowest BCUT2D eigenvalue weighted by Crippen LogP contribution is -2.43. The Hall–Kier alpha value is -1.77. The second kappa shape index (κ2) is 7.67. The molecule has 4 aliphatic rings. The Morgan fingerprint density at radius 1 is 1.23 bits per heavy atom. The topological polar surface area (TPSA) is 66.4 Å². The second-order valence-corrected chi connectivity index (χ2v) is 9.96. The van der Waals surface area contributed by atoms with Crippen LogP contribution in [0.4, 0.5) is 10.2 Å². The Morgan fingerprint density at radius 2 is 2.06 bits per heavy atom. The smallest absolute Gasteiger partial charge is 0.319 e. The largest absolute Gasteiger partial charge is 0.461 e. The van der Waals surface area contributed by atoms with Crippen molar-refractivity contribution in [2.24, 2.45) is 5.92 Å². The maximum atomic E-state index is 14.9. The number of hydrogen-bond donors (Lipinski definition) is 1. The summed E-state index contributed by atoms with van der Waals surface area (Å²) in [4.78, 5) is 18.0. The SMILES string of the molecule is Fc1c(Cl)ncc2c(N3CCC4CNC(C4)C3)nc(OCC34CCCN3CCC4)nc12. The van der Waals surface area contributed by atoms with Crippen molar-refractivity contribution in [1.82, 2.24) is 25.2 Å². The third kappa shape index (κ3) is 3.43. The van der Waals surface area contributed by atoms with Crippen LogP contribution in [0.5, 0.6) is 6.01 Å². The van der Waals surface area contributed by atoms with Crippen LogP contribution in [0.3, 0.4) is 0 Å². The normalized spacial score (nSPS) is 27.6. The monoisotopic (exact) mass is 446 g/mol. The maximum Gasteiger partial charge on any atom is 0.319 e. The Kier molecular flexibility index (Phi) is 4.92. The molecule has 0 saturated carbocycles. The molecule has 4 aliphatic heterocycles. The number of nitrogens with zero attached hydrogens (tertiary/aromatic N) is 5. The molecule has 4 fully saturated rings.